The predicted molar refractivity (Wildman–Crippen MR) is 67.3 cm³/mol. The molecule has 0 saturated heterocycles. The number of hydrogen-bond donors (Lipinski definition) is 1. The van der Waals surface area contributed by atoms with Crippen molar-refractivity contribution in [2.45, 2.75) is 13.0 Å². The number of benzene rings is 1. The standard InChI is InChI=1S/C13H9ClF3NO2/c14-12-11(5-8(7-19)6-18-12)9-1-3-10(4-2-9)20-13(15,16)17/h1-6,19H,7H2. The van der Waals surface area contributed by atoms with Crippen LogP contribution in [0.5, 0.6) is 5.75 Å². The van der Waals surface area contributed by atoms with Gasteiger partial charge in [-0.3, -0.25) is 0 Å². The molecule has 0 spiro atoms. The lowest BCUT2D eigenvalue weighted by Crippen LogP contribution is -2.16. The molecule has 0 amide bonds. The van der Waals surface area contributed by atoms with Crippen molar-refractivity contribution in [3.05, 3.63) is 47.2 Å². The highest BCUT2D eigenvalue weighted by Crippen LogP contribution is 2.30. The van der Waals surface area contributed by atoms with E-state index < -0.39 is 6.36 Å². The molecule has 1 aromatic heterocycles. The summed E-state index contributed by atoms with van der Waals surface area (Å²) in [5.41, 5.74) is 1.66. The third kappa shape index (κ3) is 3.61. The molecule has 2 aromatic rings. The summed E-state index contributed by atoms with van der Waals surface area (Å²) >= 11 is 5.93. The fourth-order valence-corrected chi connectivity index (χ4v) is 1.83. The molecule has 0 radical (unpaired) electrons. The molecule has 0 unspecified atom stereocenters. The number of aliphatic hydroxyl groups excluding tert-OH is 1. The van der Waals surface area contributed by atoms with Crippen LogP contribution in [-0.4, -0.2) is 16.5 Å². The highest BCUT2D eigenvalue weighted by Gasteiger charge is 2.30. The molecule has 7 heteroatoms. The Morgan fingerprint density at radius 3 is 2.40 bits per heavy atom. The van der Waals surface area contributed by atoms with Crippen LogP contribution in [0, 0.1) is 0 Å². The summed E-state index contributed by atoms with van der Waals surface area (Å²) in [6.45, 7) is -0.202. The van der Waals surface area contributed by atoms with Crippen LogP contribution < -0.4 is 4.74 Å². The lowest BCUT2D eigenvalue weighted by Gasteiger charge is -2.10. The van der Waals surface area contributed by atoms with Gasteiger partial charge in [0.1, 0.15) is 10.9 Å². The summed E-state index contributed by atoms with van der Waals surface area (Å²) in [7, 11) is 0. The van der Waals surface area contributed by atoms with Crippen LogP contribution in [0.25, 0.3) is 11.1 Å². The fraction of sp³-hybridized carbons (Fsp3) is 0.154. The summed E-state index contributed by atoms with van der Waals surface area (Å²) in [5, 5.41) is 9.24. The zero-order chi connectivity index (χ0) is 14.8. The Labute approximate surface area is 117 Å². The number of rotatable bonds is 3. The normalized spacial score (nSPS) is 11.4. The van der Waals surface area contributed by atoms with E-state index in [1.807, 2.05) is 0 Å². The number of hydrogen-bond acceptors (Lipinski definition) is 3. The van der Waals surface area contributed by atoms with Gasteiger partial charge in [-0.1, -0.05) is 23.7 Å². The lowest BCUT2D eigenvalue weighted by atomic mass is 10.1. The molecular weight excluding hydrogens is 295 g/mol. The Bertz CT molecular complexity index is 600. The first-order chi connectivity index (χ1) is 9.39. The minimum Gasteiger partial charge on any atom is -0.406 e. The van der Waals surface area contributed by atoms with Crippen molar-refractivity contribution in [2.24, 2.45) is 0 Å². The average molecular weight is 304 g/mol. The predicted octanol–water partition coefficient (Wildman–Crippen LogP) is 3.79. The summed E-state index contributed by atoms with van der Waals surface area (Å²) in [6, 6.07) is 6.86. The van der Waals surface area contributed by atoms with E-state index in [1.165, 1.54) is 30.5 Å². The largest absolute Gasteiger partial charge is 0.573 e. The third-order valence-electron chi connectivity index (χ3n) is 2.48. The van der Waals surface area contributed by atoms with E-state index in [-0.39, 0.29) is 17.5 Å². The number of ether oxygens (including phenoxy) is 1. The maximum atomic E-state index is 12.0. The Balaban J connectivity index is 2.30. The molecule has 0 aliphatic heterocycles. The molecule has 1 N–H and O–H groups in total. The molecular formula is C13H9ClF3NO2. The fourth-order valence-electron chi connectivity index (χ4n) is 1.62. The van der Waals surface area contributed by atoms with Gasteiger partial charge in [0.05, 0.1) is 6.61 Å². The minimum absolute atomic E-state index is 0.201. The molecule has 1 heterocycles. The molecule has 0 aliphatic rings. The Kier molecular flexibility index (Phi) is 4.15. The van der Waals surface area contributed by atoms with Crippen LogP contribution in [0.4, 0.5) is 13.2 Å². The molecule has 0 bridgehead atoms. The first-order valence-electron chi connectivity index (χ1n) is 5.50. The van der Waals surface area contributed by atoms with Gasteiger partial charge in [-0.05, 0) is 29.3 Å². The number of aliphatic hydroxyl groups is 1. The van der Waals surface area contributed by atoms with E-state index in [9.17, 15) is 13.2 Å². The van der Waals surface area contributed by atoms with Gasteiger partial charge >= 0.3 is 6.36 Å². The number of nitrogens with zero attached hydrogens (tertiary/aromatic N) is 1. The monoisotopic (exact) mass is 303 g/mol. The maximum absolute atomic E-state index is 12.0. The van der Waals surface area contributed by atoms with Crippen LogP contribution in [-0.2, 0) is 6.61 Å². The van der Waals surface area contributed by atoms with Crippen LogP contribution in [0.2, 0.25) is 5.15 Å². The van der Waals surface area contributed by atoms with Crippen molar-refractivity contribution in [1.82, 2.24) is 4.98 Å². The van der Waals surface area contributed by atoms with E-state index in [4.69, 9.17) is 16.7 Å². The van der Waals surface area contributed by atoms with Gasteiger partial charge in [0.2, 0.25) is 0 Å². The smallest absolute Gasteiger partial charge is 0.406 e. The van der Waals surface area contributed by atoms with E-state index in [0.717, 1.165) is 0 Å². The van der Waals surface area contributed by atoms with Gasteiger partial charge in [-0.15, -0.1) is 13.2 Å². The molecule has 0 saturated carbocycles. The van der Waals surface area contributed by atoms with Crippen LogP contribution in [0.3, 0.4) is 0 Å². The quantitative estimate of drug-likeness (QED) is 0.877. The molecule has 0 atom stereocenters. The van der Waals surface area contributed by atoms with Crippen molar-refractivity contribution < 1.29 is 23.0 Å². The van der Waals surface area contributed by atoms with E-state index in [2.05, 4.69) is 9.72 Å². The van der Waals surface area contributed by atoms with Crippen LogP contribution in [0.1, 0.15) is 5.56 Å². The molecule has 3 nitrogen and oxygen atoms in total. The van der Waals surface area contributed by atoms with E-state index >= 15 is 0 Å². The molecule has 20 heavy (non-hydrogen) atoms. The average Bonchev–Trinajstić information content (AvgIpc) is 2.39. The number of alkyl halides is 3. The molecule has 106 valence electrons. The number of pyridine rings is 1. The highest BCUT2D eigenvalue weighted by molar-refractivity contribution is 6.32. The van der Waals surface area contributed by atoms with Crippen molar-refractivity contribution in [3.8, 4) is 16.9 Å². The zero-order valence-electron chi connectivity index (χ0n) is 9.99. The van der Waals surface area contributed by atoms with Crippen molar-refractivity contribution in [2.75, 3.05) is 0 Å². The zero-order valence-corrected chi connectivity index (χ0v) is 10.7. The number of aromatic nitrogens is 1. The Morgan fingerprint density at radius 2 is 1.85 bits per heavy atom. The molecule has 1 aromatic carbocycles. The SMILES string of the molecule is OCc1cnc(Cl)c(-c2ccc(OC(F)(F)F)cc2)c1. The van der Waals surface area contributed by atoms with Gasteiger partial charge in [0.15, 0.2) is 0 Å². The third-order valence-corrected chi connectivity index (χ3v) is 2.78. The van der Waals surface area contributed by atoms with Crippen LogP contribution in [0.15, 0.2) is 36.5 Å². The van der Waals surface area contributed by atoms with Crippen molar-refractivity contribution in [1.29, 1.82) is 0 Å². The highest BCUT2D eigenvalue weighted by atomic mass is 35.5. The molecule has 0 fully saturated rings. The maximum Gasteiger partial charge on any atom is 0.573 e. The van der Waals surface area contributed by atoms with Gasteiger partial charge in [-0.2, -0.15) is 0 Å². The van der Waals surface area contributed by atoms with Gasteiger partial charge in [0.25, 0.3) is 0 Å². The molecule has 0 aliphatic carbocycles. The van der Waals surface area contributed by atoms with E-state index in [1.54, 1.807) is 6.07 Å². The second-order valence-electron chi connectivity index (χ2n) is 3.91. The summed E-state index contributed by atoms with van der Waals surface area (Å²) in [5.74, 6) is -0.316. The summed E-state index contributed by atoms with van der Waals surface area (Å²) < 4.78 is 39.9. The topological polar surface area (TPSA) is 42.4 Å². The van der Waals surface area contributed by atoms with Crippen molar-refractivity contribution in [3.63, 3.8) is 0 Å². The summed E-state index contributed by atoms with van der Waals surface area (Å²) in [6.07, 6.45) is -3.30. The van der Waals surface area contributed by atoms with Gasteiger partial charge in [0, 0.05) is 11.8 Å². The first-order valence-corrected chi connectivity index (χ1v) is 5.88. The molecule has 2 rings (SSSR count). The Morgan fingerprint density at radius 1 is 1.20 bits per heavy atom. The van der Waals surface area contributed by atoms with Gasteiger partial charge < -0.3 is 9.84 Å². The Hall–Kier alpha value is -1.79. The van der Waals surface area contributed by atoms with E-state index in [0.29, 0.717) is 16.7 Å². The minimum atomic E-state index is -4.72. The number of halogens is 4. The van der Waals surface area contributed by atoms with Gasteiger partial charge in [-0.25, -0.2) is 4.98 Å². The second kappa shape index (κ2) is 5.68. The lowest BCUT2D eigenvalue weighted by molar-refractivity contribution is -0.274. The van der Waals surface area contributed by atoms with Crippen LogP contribution >= 0.6 is 11.6 Å². The first kappa shape index (κ1) is 14.6. The van der Waals surface area contributed by atoms with Crippen molar-refractivity contribution >= 4 is 11.6 Å². The second-order valence-corrected chi connectivity index (χ2v) is 4.27. The summed E-state index contributed by atoms with van der Waals surface area (Å²) in [4.78, 5) is 3.90.